The molecule has 0 bridgehead atoms. The molecule has 0 radical (unpaired) electrons. The van der Waals surface area contributed by atoms with Crippen molar-refractivity contribution in [2.75, 3.05) is 19.7 Å². The number of ether oxygens (including phenoxy) is 1. The van der Waals surface area contributed by atoms with E-state index < -0.39 is 0 Å². The van der Waals surface area contributed by atoms with Crippen LogP contribution in [0.15, 0.2) is 0 Å². The summed E-state index contributed by atoms with van der Waals surface area (Å²) in [4.78, 5) is 18.9. The Kier molecular flexibility index (Phi) is 3.25. The summed E-state index contributed by atoms with van der Waals surface area (Å²) in [5.74, 6) is 1.13. The molecule has 4 rings (SSSR count). The van der Waals surface area contributed by atoms with Gasteiger partial charge in [-0.25, -0.2) is 4.98 Å². The third-order valence-corrected chi connectivity index (χ3v) is 5.25. The Morgan fingerprint density at radius 3 is 2.90 bits per heavy atom. The first kappa shape index (κ1) is 13.3. The fraction of sp³-hybridized carbons (Fsp3) is 0.750. The number of hydrogen-bond acceptors (Lipinski definition) is 4. The van der Waals surface area contributed by atoms with Gasteiger partial charge in [0.2, 0.25) is 0 Å². The minimum Gasteiger partial charge on any atom is -0.464 e. The molecule has 3 heterocycles. The van der Waals surface area contributed by atoms with Crippen LogP contribution >= 0.6 is 0 Å². The van der Waals surface area contributed by atoms with E-state index in [4.69, 9.17) is 9.72 Å². The standard InChI is InChI=1S/C16H23N3O2/c1-11-17-13-4-2-3-5-14(13)19(11)12-6-8-18(10-12)15-7-9-21-16(15)20/h12,15H,2-10H2,1H3. The molecule has 114 valence electrons. The van der Waals surface area contributed by atoms with E-state index in [9.17, 15) is 4.79 Å². The molecule has 0 N–H and O–H groups in total. The van der Waals surface area contributed by atoms with Gasteiger partial charge < -0.3 is 9.30 Å². The topological polar surface area (TPSA) is 47.4 Å². The number of rotatable bonds is 2. The summed E-state index contributed by atoms with van der Waals surface area (Å²) in [6, 6.07) is 0.474. The van der Waals surface area contributed by atoms with Crippen molar-refractivity contribution in [2.45, 2.75) is 57.5 Å². The van der Waals surface area contributed by atoms with Gasteiger partial charge in [-0.15, -0.1) is 0 Å². The Labute approximate surface area is 125 Å². The Balaban J connectivity index is 1.56. The van der Waals surface area contributed by atoms with Crippen molar-refractivity contribution in [3.63, 3.8) is 0 Å². The quantitative estimate of drug-likeness (QED) is 0.777. The molecular formula is C16H23N3O2. The molecule has 5 nitrogen and oxygen atoms in total. The largest absolute Gasteiger partial charge is 0.464 e. The van der Waals surface area contributed by atoms with Gasteiger partial charge in [0.15, 0.2) is 0 Å². The highest BCUT2D eigenvalue weighted by atomic mass is 16.5. The second kappa shape index (κ2) is 5.13. The van der Waals surface area contributed by atoms with Crippen LogP contribution in [-0.4, -0.2) is 46.2 Å². The van der Waals surface area contributed by atoms with E-state index in [1.165, 1.54) is 24.2 Å². The van der Waals surface area contributed by atoms with Crippen LogP contribution in [0.25, 0.3) is 0 Å². The van der Waals surface area contributed by atoms with Crippen molar-refractivity contribution in [3.05, 3.63) is 17.2 Å². The van der Waals surface area contributed by atoms with Gasteiger partial charge in [0.1, 0.15) is 11.9 Å². The number of carbonyl (C=O) groups is 1. The number of imidazole rings is 1. The van der Waals surface area contributed by atoms with E-state index in [0.29, 0.717) is 12.6 Å². The first-order chi connectivity index (χ1) is 10.2. The Morgan fingerprint density at radius 2 is 2.10 bits per heavy atom. The van der Waals surface area contributed by atoms with Crippen LogP contribution in [0.3, 0.4) is 0 Å². The molecule has 21 heavy (non-hydrogen) atoms. The fourth-order valence-corrected chi connectivity index (χ4v) is 4.26. The normalized spacial score (nSPS) is 29.7. The van der Waals surface area contributed by atoms with Gasteiger partial charge >= 0.3 is 5.97 Å². The first-order valence-electron chi connectivity index (χ1n) is 8.21. The minimum absolute atomic E-state index is 0.00495. The second-order valence-corrected chi connectivity index (χ2v) is 6.54. The monoisotopic (exact) mass is 289 g/mol. The lowest BCUT2D eigenvalue weighted by molar-refractivity contribution is -0.142. The number of likely N-dealkylation sites (tertiary alicyclic amines) is 1. The molecule has 0 amide bonds. The number of carbonyl (C=O) groups excluding carboxylic acids is 1. The second-order valence-electron chi connectivity index (χ2n) is 6.54. The summed E-state index contributed by atoms with van der Waals surface area (Å²) < 4.78 is 7.59. The summed E-state index contributed by atoms with van der Waals surface area (Å²) in [5.41, 5.74) is 2.78. The molecule has 1 aromatic heterocycles. The van der Waals surface area contributed by atoms with Crippen LogP contribution in [0.1, 0.15) is 48.9 Å². The van der Waals surface area contributed by atoms with Crippen molar-refractivity contribution >= 4 is 5.97 Å². The molecular weight excluding hydrogens is 266 g/mol. The van der Waals surface area contributed by atoms with Gasteiger partial charge in [-0.1, -0.05) is 0 Å². The number of esters is 1. The summed E-state index contributed by atoms with van der Waals surface area (Å²) in [6.45, 7) is 4.68. The molecule has 2 aliphatic heterocycles. The lowest BCUT2D eigenvalue weighted by atomic mass is 10.0. The van der Waals surface area contributed by atoms with E-state index in [1.54, 1.807) is 0 Å². The maximum atomic E-state index is 11.8. The highest BCUT2D eigenvalue weighted by Crippen LogP contribution is 2.32. The molecule has 0 spiro atoms. The summed E-state index contributed by atoms with van der Waals surface area (Å²) in [6.07, 6.45) is 6.82. The zero-order valence-electron chi connectivity index (χ0n) is 12.7. The summed E-state index contributed by atoms with van der Waals surface area (Å²) in [5, 5.41) is 0. The predicted octanol–water partition coefficient (Wildman–Crippen LogP) is 1.63. The van der Waals surface area contributed by atoms with Crippen molar-refractivity contribution in [1.82, 2.24) is 14.5 Å². The maximum Gasteiger partial charge on any atom is 0.323 e. The zero-order chi connectivity index (χ0) is 14.4. The van der Waals surface area contributed by atoms with Crippen LogP contribution in [-0.2, 0) is 22.4 Å². The van der Waals surface area contributed by atoms with Crippen LogP contribution in [0.5, 0.6) is 0 Å². The number of cyclic esters (lactones) is 1. The van der Waals surface area contributed by atoms with Crippen LogP contribution in [0.4, 0.5) is 0 Å². The van der Waals surface area contributed by atoms with Crippen molar-refractivity contribution < 1.29 is 9.53 Å². The third kappa shape index (κ3) is 2.18. The van der Waals surface area contributed by atoms with E-state index >= 15 is 0 Å². The Morgan fingerprint density at radius 1 is 1.24 bits per heavy atom. The van der Waals surface area contributed by atoms with E-state index in [2.05, 4.69) is 16.4 Å². The Bertz CT molecular complexity index is 566. The van der Waals surface area contributed by atoms with Crippen molar-refractivity contribution in [3.8, 4) is 0 Å². The molecule has 1 aromatic rings. The lowest BCUT2D eigenvalue weighted by Gasteiger charge is -2.23. The Hall–Kier alpha value is -1.36. The molecule has 2 fully saturated rings. The number of nitrogens with zero attached hydrogens (tertiary/aromatic N) is 3. The van der Waals surface area contributed by atoms with E-state index in [0.717, 1.165) is 44.6 Å². The number of aromatic nitrogens is 2. The summed E-state index contributed by atoms with van der Waals surface area (Å²) >= 11 is 0. The van der Waals surface area contributed by atoms with Gasteiger partial charge in [-0.2, -0.15) is 0 Å². The molecule has 0 aromatic carbocycles. The molecule has 5 heteroatoms. The third-order valence-electron chi connectivity index (χ3n) is 5.25. The zero-order valence-corrected chi connectivity index (χ0v) is 12.7. The predicted molar refractivity (Wildman–Crippen MR) is 78.2 cm³/mol. The minimum atomic E-state index is -0.0277. The number of hydrogen-bond donors (Lipinski definition) is 0. The van der Waals surface area contributed by atoms with Gasteiger partial charge in [0.25, 0.3) is 0 Å². The van der Waals surface area contributed by atoms with Gasteiger partial charge in [0.05, 0.1) is 12.3 Å². The van der Waals surface area contributed by atoms with Gasteiger partial charge in [0, 0.05) is 31.2 Å². The number of aryl methyl sites for hydroxylation is 2. The van der Waals surface area contributed by atoms with E-state index in [1.807, 2.05) is 0 Å². The first-order valence-corrected chi connectivity index (χ1v) is 8.21. The van der Waals surface area contributed by atoms with Crippen LogP contribution < -0.4 is 0 Å². The molecule has 2 atom stereocenters. The van der Waals surface area contributed by atoms with Crippen molar-refractivity contribution in [1.29, 1.82) is 0 Å². The van der Waals surface area contributed by atoms with Crippen LogP contribution in [0.2, 0.25) is 0 Å². The molecule has 0 saturated carbocycles. The highest BCUT2D eigenvalue weighted by molar-refractivity contribution is 5.77. The molecule has 1 aliphatic carbocycles. The average Bonchev–Trinajstić information content (AvgIpc) is 3.15. The highest BCUT2D eigenvalue weighted by Gasteiger charge is 2.38. The molecule has 3 aliphatic rings. The van der Waals surface area contributed by atoms with Gasteiger partial charge in [-0.05, 0) is 39.0 Å². The number of fused-ring (bicyclic) bond motifs is 1. The summed E-state index contributed by atoms with van der Waals surface area (Å²) in [7, 11) is 0. The lowest BCUT2D eigenvalue weighted by Crippen LogP contribution is -2.37. The molecule has 2 unspecified atom stereocenters. The average molecular weight is 289 g/mol. The van der Waals surface area contributed by atoms with Crippen LogP contribution in [0, 0.1) is 6.92 Å². The molecule has 2 saturated heterocycles. The van der Waals surface area contributed by atoms with Gasteiger partial charge in [-0.3, -0.25) is 9.69 Å². The van der Waals surface area contributed by atoms with Crippen molar-refractivity contribution in [2.24, 2.45) is 0 Å². The van der Waals surface area contributed by atoms with E-state index in [-0.39, 0.29) is 12.0 Å². The maximum absolute atomic E-state index is 11.8. The smallest absolute Gasteiger partial charge is 0.323 e. The SMILES string of the molecule is Cc1nc2c(n1C1CCN(C3CCOC3=O)C1)CCCC2. The fourth-order valence-electron chi connectivity index (χ4n) is 4.26.